The van der Waals surface area contributed by atoms with Gasteiger partial charge in [0.05, 0.1) is 13.0 Å². The van der Waals surface area contributed by atoms with Crippen LogP contribution in [0.3, 0.4) is 0 Å². The maximum atomic E-state index is 10.5. The minimum Gasteiger partial charge on any atom is -0.481 e. The van der Waals surface area contributed by atoms with E-state index in [4.69, 9.17) is 10.6 Å². The molecule has 1 aromatic carbocycles. The summed E-state index contributed by atoms with van der Waals surface area (Å²) in [4.78, 5) is 13.1. The maximum absolute atomic E-state index is 10.5. The third-order valence-electron chi connectivity index (χ3n) is 1.76. The van der Waals surface area contributed by atoms with Gasteiger partial charge in [-0.2, -0.15) is 0 Å². The van der Waals surface area contributed by atoms with Crippen molar-refractivity contribution >= 4 is 5.97 Å². The number of aliphatic carboxylic acids is 1. The number of azide groups is 1. The van der Waals surface area contributed by atoms with Gasteiger partial charge in [-0.15, -0.1) is 0 Å². The molecule has 0 fully saturated rings. The van der Waals surface area contributed by atoms with Crippen LogP contribution >= 0.6 is 0 Å². The molecule has 0 spiro atoms. The summed E-state index contributed by atoms with van der Waals surface area (Å²) in [5, 5.41) is 12.0. The number of carbonyl (C=O) groups is 1. The van der Waals surface area contributed by atoms with E-state index < -0.39 is 5.97 Å². The van der Waals surface area contributed by atoms with Crippen molar-refractivity contribution in [3.05, 3.63) is 45.8 Å². The molecule has 5 nitrogen and oxygen atoms in total. The summed E-state index contributed by atoms with van der Waals surface area (Å²) < 4.78 is 0. The van der Waals surface area contributed by atoms with E-state index in [-0.39, 0.29) is 13.0 Å². The van der Waals surface area contributed by atoms with E-state index in [9.17, 15) is 4.79 Å². The second kappa shape index (κ2) is 4.89. The Morgan fingerprint density at radius 1 is 1.43 bits per heavy atom. The molecule has 1 rings (SSSR count). The van der Waals surface area contributed by atoms with Crippen molar-refractivity contribution in [3.8, 4) is 0 Å². The molecule has 0 bridgehead atoms. The van der Waals surface area contributed by atoms with Crippen LogP contribution in [0.1, 0.15) is 11.1 Å². The summed E-state index contributed by atoms with van der Waals surface area (Å²) in [5.41, 5.74) is 9.59. The summed E-state index contributed by atoms with van der Waals surface area (Å²) in [6, 6.07) is 7.02. The highest BCUT2D eigenvalue weighted by Crippen LogP contribution is 2.10. The van der Waals surface area contributed by atoms with E-state index in [2.05, 4.69) is 10.0 Å². The monoisotopic (exact) mass is 191 g/mol. The molecule has 0 heterocycles. The molecular formula is C9H9N3O2. The molecule has 0 unspecified atom stereocenters. The Hall–Kier alpha value is -2.00. The fourth-order valence-corrected chi connectivity index (χ4v) is 1.15. The van der Waals surface area contributed by atoms with Gasteiger partial charge in [0.15, 0.2) is 0 Å². The molecule has 0 saturated carbocycles. The van der Waals surface area contributed by atoms with E-state index in [1.54, 1.807) is 24.3 Å². The van der Waals surface area contributed by atoms with Crippen LogP contribution in [0.15, 0.2) is 29.4 Å². The number of hydrogen-bond donors (Lipinski definition) is 1. The lowest BCUT2D eigenvalue weighted by molar-refractivity contribution is -0.136. The zero-order chi connectivity index (χ0) is 10.4. The SMILES string of the molecule is [N-]=[N+]=NCc1ccccc1CC(=O)O. The van der Waals surface area contributed by atoms with Crippen LogP contribution in [0.4, 0.5) is 0 Å². The molecule has 0 aliphatic heterocycles. The van der Waals surface area contributed by atoms with Crippen LogP contribution in [0, 0.1) is 0 Å². The quantitative estimate of drug-likeness (QED) is 0.449. The number of carboxylic acid groups (broad SMARTS) is 1. The van der Waals surface area contributed by atoms with E-state index in [0.29, 0.717) is 5.56 Å². The molecule has 0 saturated heterocycles. The number of hydrogen-bond acceptors (Lipinski definition) is 2. The zero-order valence-electron chi connectivity index (χ0n) is 7.42. The van der Waals surface area contributed by atoms with Crippen molar-refractivity contribution in [2.24, 2.45) is 5.11 Å². The normalized spacial score (nSPS) is 9.14. The van der Waals surface area contributed by atoms with Crippen molar-refractivity contribution in [1.82, 2.24) is 0 Å². The van der Waals surface area contributed by atoms with Gasteiger partial charge in [0.25, 0.3) is 0 Å². The zero-order valence-corrected chi connectivity index (χ0v) is 7.42. The highest BCUT2D eigenvalue weighted by atomic mass is 16.4. The van der Waals surface area contributed by atoms with Gasteiger partial charge in [0.2, 0.25) is 0 Å². The second-order valence-electron chi connectivity index (χ2n) is 2.73. The predicted octanol–water partition coefficient (Wildman–Crippen LogP) is 2.12. The van der Waals surface area contributed by atoms with Crippen LogP contribution in [-0.4, -0.2) is 11.1 Å². The first-order valence-electron chi connectivity index (χ1n) is 4.03. The lowest BCUT2D eigenvalue weighted by Gasteiger charge is -2.03. The third kappa shape index (κ3) is 2.80. The molecule has 0 aromatic heterocycles. The van der Waals surface area contributed by atoms with Crippen molar-refractivity contribution in [3.63, 3.8) is 0 Å². The fourth-order valence-electron chi connectivity index (χ4n) is 1.15. The van der Waals surface area contributed by atoms with Gasteiger partial charge < -0.3 is 5.11 Å². The Labute approximate surface area is 80.6 Å². The molecule has 1 aromatic rings. The molecule has 14 heavy (non-hydrogen) atoms. The molecule has 0 amide bonds. The first-order valence-corrected chi connectivity index (χ1v) is 4.03. The van der Waals surface area contributed by atoms with Crippen LogP contribution in [-0.2, 0) is 17.8 Å². The Bertz CT molecular complexity index is 360. The van der Waals surface area contributed by atoms with Crippen LogP contribution in [0.25, 0.3) is 10.4 Å². The first-order chi connectivity index (χ1) is 6.74. The van der Waals surface area contributed by atoms with Crippen LogP contribution < -0.4 is 0 Å². The lowest BCUT2D eigenvalue weighted by Crippen LogP contribution is -2.02. The minimum atomic E-state index is -0.890. The largest absolute Gasteiger partial charge is 0.481 e. The van der Waals surface area contributed by atoms with Gasteiger partial charge in [-0.05, 0) is 16.7 Å². The molecule has 0 atom stereocenters. The molecule has 5 heteroatoms. The Morgan fingerprint density at radius 3 is 2.64 bits per heavy atom. The molecule has 1 N–H and O–H groups in total. The maximum Gasteiger partial charge on any atom is 0.307 e. The van der Waals surface area contributed by atoms with Crippen LogP contribution in [0.5, 0.6) is 0 Å². The molecular weight excluding hydrogens is 182 g/mol. The van der Waals surface area contributed by atoms with Gasteiger partial charge in [0, 0.05) is 4.91 Å². The Balaban J connectivity index is 2.90. The molecule has 0 radical (unpaired) electrons. The number of benzene rings is 1. The molecule has 0 aliphatic carbocycles. The van der Waals surface area contributed by atoms with Gasteiger partial charge >= 0.3 is 5.97 Å². The predicted molar refractivity (Wildman–Crippen MR) is 50.6 cm³/mol. The highest BCUT2D eigenvalue weighted by Gasteiger charge is 2.04. The summed E-state index contributed by atoms with van der Waals surface area (Å²) in [5.74, 6) is -0.890. The molecule has 72 valence electrons. The van der Waals surface area contributed by atoms with E-state index in [1.165, 1.54) is 0 Å². The number of carboxylic acids is 1. The topological polar surface area (TPSA) is 86.1 Å². The van der Waals surface area contributed by atoms with Crippen molar-refractivity contribution in [1.29, 1.82) is 0 Å². The van der Waals surface area contributed by atoms with E-state index in [0.717, 1.165) is 5.56 Å². The van der Waals surface area contributed by atoms with Gasteiger partial charge in [-0.25, -0.2) is 0 Å². The van der Waals surface area contributed by atoms with Crippen molar-refractivity contribution < 1.29 is 9.90 Å². The number of rotatable bonds is 4. The summed E-state index contributed by atoms with van der Waals surface area (Å²) in [6.45, 7) is 0.194. The average molecular weight is 191 g/mol. The van der Waals surface area contributed by atoms with Gasteiger partial charge in [-0.3, -0.25) is 4.79 Å². The van der Waals surface area contributed by atoms with Crippen LogP contribution in [0.2, 0.25) is 0 Å². The van der Waals surface area contributed by atoms with Crippen molar-refractivity contribution in [2.45, 2.75) is 13.0 Å². The third-order valence-corrected chi connectivity index (χ3v) is 1.76. The highest BCUT2D eigenvalue weighted by molar-refractivity contribution is 5.70. The standard InChI is InChI=1S/C9H9N3O2/c10-12-11-6-8-4-2-1-3-7(8)5-9(13)14/h1-4H,5-6H2,(H,13,14). The smallest absolute Gasteiger partial charge is 0.307 e. The second-order valence-corrected chi connectivity index (χ2v) is 2.73. The summed E-state index contributed by atoms with van der Waals surface area (Å²) >= 11 is 0. The van der Waals surface area contributed by atoms with Gasteiger partial charge in [-0.1, -0.05) is 29.4 Å². The Morgan fingerprint density at radius 2 is 2.07 bits per heavy atom. The number of nitrogens with zero attached hydrogens (tertiary/aromatic N) is 3. The first kappa shape index (κ1) is 10.1. The van der Waals surface area contributed by atoms with Crippen molar-refractivity contribution in [2.75, 3.05) is 0 Å². The Kier molecular flexibility index (Phi) is 3.52. The van der Waals surface area contributed by atoms with E-state index in [1.807, 2.05) is 0 Å². The summed E-state index contributed by atoms with van der Waals surface area (Å²) in [6.07, 6.45) is -0.0445. The van der Waals surface area contributed by atoms with E-state index >= 15 is 0 Å². The van der Waals surface area contributed by atoms with Gasteiger partial charge in [0.1, 0.15) is 0 Å². The summed E-state index contributed by atoms with van der Waals surface area (Å²) in [7, 11) is 0. The lowest BCUT2D eigenvalue weighted by atomic mass is 10.1. The average Bonchev–Trinajstić information content (AvgIpc) is 2.16. The fraction of sp³-hybridized carbons (Fsp3) is 0.222. The minimum absolute atomic E-state index is 0.0445. The molecule has 0 aliphatic rings.